The molecule has 0 amide bonds. The molecule has 0 N–H and O–H groups in total. The van der Waals surface area contributed by atoms with Crippen LogP contribution in [0.5, 0.6) is 11.5 Å². The minimum absolute atomic E-state index is 0.137. The third kappa shape index (κ3) is 3.76. The number of ether oxygens (including phenoxy) is 2. The van der Waals surface area contributed by atoms with E-state index in [1.165, 1.54) is 0 Å². The fraction of sp³-hybridized carbons (Fsp3) is 0.235. The molecule has 0 aliphatic rings. The summed E-state index contributed by atoms with van der Waals surface area (Å²) in [6.07, 6.45) is 0.664. The lowest BCUT2D eigenvalue weighted by Gasteiger charge is -2.11. The predicted molar refractivity (Wildman–Crippen MR) is 77.9 cm³/mol. The summed E-state index contributed by atoms with van der Waals surface area (Å²) >= 11 is 0. The fourth-order valence-corrected chi connectivity index (χ4v) is 1.98. The molecule has 1 atom stereocenters. The van der Waals surface area contributed by atoms with Gasteiger partial charge in [0.1, 0.15) is 11.5 Å². The van der Waals surface area contributed by atoms with Gasteiger partial charge < -0.3 is 9.47 Å². The molecule has 0 spiro atoms. The molecule has 0 aliphatic carbocycles. The van der Waals surface area contributed by atoms with E-state index >= 15 is 0 Å². The Morgan fingerprint density at radius 1 is 1.05 bits per heavy atom. The number of nitrogens with zero attached hydrogens (tertiary/aromatic N) is 1. The van der Waals surface area contributed by atoms with Gasteiger partial charge in [0.25, 0.3) is 0 Å². The summed E-state index contributed by atoms with van der Waals surface area (Å²) in [7, 11) is 1.63. The second-order valence-electron chi connectivity index (χ2n) is 4.41. The first-order chi connectivity index (χ1) is 9.83. The van der Waals surface area contributed by atoms with Crippen molar-refractivity contribution in [2.45, 2.75) is 12.3 Å². The standard InChI is InChI=1S/C17H17NO2/c1-19-16-8-5-9-17(12-16)20-11-10-15(13-18)14-6-3-2-4-7-14/h2-9,12,15H,10-11H2,1H3. The van der Waals surface area contributed by atoms with Crippen molar-refractivity contribution in [2.24, 2.45) is 0 Å². The van der Waals surface area contributed by atoms with Crippen LogP contribution in [-0.2, 0) is 0 Å². The van der Waals surface area contributed by atoms with Gasteiger partial charge in [-0.1, -0.05) is 36.4 Å². The van der Waals surface area contributed by atoms with Crippen molar-refractivity contribution in [1.82, 2.24) is 0 Å². The lowest BCUT2D eigenvalue weighted by atomic mass is 9.98. The quantitative estimate of drug-likeness (QED) is 0.800. The van der Waals surface area contributed by atoms with Crippen LogP contribution < -0.4 is 9.47 Å². The van der Waals surface area contributed by atoms with Gasteiger partial charge in [0.05, 0.1) is 25.7 Å². The molecular weight excluding hydrogens is 250 g/mol. The Morgan fingerprint density at radius 3 is 2.50 bits per heavy atom. The molecule has 0 saturated heterocycles. The van der Waals surface area contributed by atoms with Crippen molar-refractivity contribution in [3.63, 3.8) is 0 Å². The number of benzene rings is 2. The van der Waals surface area contributed by atoms with Gasteiger partial charge >= 0.3 is 0 Å². The van der Waals surface area contributed by atoms with Gasteiger partial charge in [-0.3, -0.25) is 0 Å². The Bertz CT molecular complexity index is 575. The second kappa shape index (κ2) is 7.20. The molecule has 3 heteroatoms. The number of hydrogen-bond acceptors (Lipinski definition) is 3. The van der Waals surface area contributed by atoms with Crippen LogP contribution in [0.3, 0.4) is 0 Å². The Morgan fingerprint density at radius 2 is 1.80 bits per heavy atom. The van der Waals surface area contributed by atoms with Crippen LogP contribution >= 0.6 is 0 Å². The van der Waals surface area contributed by atoms with Crippen LogP contribution in [0.1, 0.15) is 17.9 Å². The van der Waals surface area contributed by atoms with Crippen LogP contribution in [0.25, 0.3) is 0 Å². The minimum Gasteiger partial charge on any atom is -0.497 e. The summed E-state index contributed by atoms with van der Waals surface area (Å²) in [5, 5.41) is 9.23. The van der Waals surface area contributed by atoms with E-state index in [0.717, 1.165) is 17.1 Å². The van der Waals surface area contributed by atoms with E-state index in [9.17, 15) is 5.26 Å². The summed E-state index contributed by atoms with van der Waals surface area (Å²) < 4.78 is 10.8. The first-order valence-corrected chi connectivity index (χ1v) is 6.55. The average Bonchev–Trinajstić information content (AvgIpc) is 2.52. The van der Waals surface area contributed by atoms with Crippen molar-refractivity contribution in [2.75, 3.05) is 13.7 Å². The van der Waals surface area contributed by atoms with Gasteiger partial charge in [-0.05, 0) is 17.7 Å². The minimum atomic E-state index is -0.137. The van der Waals surface area contributed by atoms with E-state index in [1.807, 2.05) is 54.6 Å². The third-order valence-corrected chi connectivity index (χ3v) is 3.07. The summed E-state index contributed by atoms with van der Waals surface area (Å²) in [5.74, 6) is 1.39. The highest BCUT2D eigenvalue weighted by molar-refractivity contribution is 5.32. The van der Waals surface area contributed by atoms with Crippen molar-refractivity contribution in [1.29, 1.82) is 5.26 Å². The van der Waals surface area contributed by atoms with Crippen LogP contribution in [0.15, 0.2) is 54.6 Å². The molecule has 2 aromatic carbocycles. The maximum atomic E-state index is 9.23. The van der Waals surface area contributed by atoms with Gasteiger partial charge in [-0.15, -0.1) is 0 Å². The maximum absolute atomic E-state index is 9.23. The molecule has 0 aliphatic heterocycles. The SMILES string of the molecule is COc1cccc(OCCC(C#N)c2ccccc2)c1. The lowest BCUT2D eigenvalue weighted by molar-refractivity contribution is 0.303. The van der Waals surface area contributed by atoms with E-state index in [2.05, 4.69) is 6.07 Å². The number of hydrogen-bond donors (Lipinski definition) is 0. The smallest absolute Gasteiger partial charge is 0.122 e. The monoisotopic (exact) mass is 267 g/mol. The predicted octanol–water partition coefficient (Wildman–Crippen LogP) is 3.77. The summed E-state index contributed by atoms with van der Waals surface area (Å²) in [5.41, 5.74) is 1.03. The molecule has 0 heterocycles. The van der Waals surface area contributed by atoms with Gasteiger partial charge in [0.15, 0.2) is 0 Å². The average molecular weight is 267 g/mol. The highest BCUT2D eigenvalue weighted by Crippen LogP contribution is 2.21. The molecule has 3 nitrogen and oxygen atoms in total. The number of nitriles is 1. The molecule has 2 rings (SSSR count). The Hall–Kier alpha value is -2.47. The van der Waals surface area contributed by atoms with E-state index in [4.69, 9.17) is 9.47 Å². The zero-order valence-electron chi connectivity index (χ0n) is 11.5. The van der Waals surface area contributed by atoms with Crippen LogP contribution in [0.4, 0.5) is 0 Å². The molecule has 0 saturated carbocycles. The molecule has 2 aromatic rings. The first-order valence-electron chi connectivity index (χ1n) is 6.55. The highest BCUT2D eigenvalue weighted by Gasteiger charge is 2.10. The Balaban J connectivity index is 1.90. The Kier molecular flexibility index (Phi) is 5.02. The van der Waals surface area contributed by atoms with E-state index in [-0.39, 0.29) is 5.92 Å². The first kappa shape index (κ1) is 14.0. The van der Waals surface area contributed by atoms with E-state index in [1.54, 1.807) is 7.11 Å². The molecular formula is C17H17NO2. The summed E-state index contributed by atoms with van der Waals surface area (Å²) in [4.78, 5) is 0. The second-order valence-corrected chi connectivity index (χ2v) is 4.41. The van der Waals surface area contributed by atoms with Gasteiger partial charge in [0.2, 0.25) is 0 Å². The molecule has 1 unspecified atom stereocenters. The molecule has 0 radical (unpaired) electrons. The maximum Gasteiger partial charge on any atom is 0.122 e. The molecule has 0 aromatic heterocycles. The number of methoxy groups -OCH3 is 1. The van der Waals surface area contributed by atoms with Crippen LogP contribution in [0, 0.1) is 11.3 Å². The lowest BCUT2D eigenvalue weighted by Crippen LogP contribution is -2.04. The van der Waals surface area contributed by atoms with Crippen molar-refractivity contribution in [3.8, 4) is 17.6 Å². The van der Waals surface area contributed by atoms with Gasteiger partial charge in [0, 0.05) is 12.5 Å². The Labute approximate surface area is 119 Å². The number of rotatable bonds is 6. The third-order valence-electron chi connectivity index (χ3n) is 3.07. The van der Waals surface area contributed by atoms with E-state index < -0.39 is 0 Å². The van der Waals surface area contributed by atoms with Crippen LogP contribution in [-0.4, -0.2) is 13.7 Å². The molecule has 102 valence electrons. The summed E-state index contributed by atoms with van der Waals surface area (Å²) in [6, 6.07) is 19.6. The van der Waals surface area contributed by atoms with Crippen molar-refractivity contribution in [3.05, 3.63) is 60.2 Å². The van der Waals surface area contributed by atoms with Gasteiger partial charge in [-0.2, -0.15) is 5.26 Å². The molecule has 20 heavy (non-hydrogen) atoms. The topological polar surface area (TPSA) is 42.2 Å². The van der Waals surface area contributed by atoms with E-state index in [0.29, 0.717) is 13.0 Å². The van der Waals surface area contributed by atoms with Crippen molar-refractivity contribution >= 4 is 0 Å². The largest absolute Gasteiger partial charge is 0.497 e. The zero-order valence-corrected chi connectivity index (χ0v) is 11.5. The summed E-state index contributed by atoms with van der Waals surface area (Å²) in [6.45, 7) is 0.500. The zero-order chi connectivity index (χ0) is 14.2. The normalized spacial score (nSPS) is 11.4. The van der Waals surface area contributed by atoms with Crippen molar-refractivity contribution < 1.29 is 9.47 Å². The van der Waals surface area contributed by atoms with Gasteiger partial charge in [-0.25, -0.2) is 0 Å². The molecule has 0 bridgehead atoms. The highest BCUT2D eigenvalue weighted by atomic mass is 16.5. The van der Waals surface area contributed by atoms with Crippen LogP contribution in [0.2, 0.25) is 0 Å². The molecule has 0 fully saturated rings. The fourth-order valence-electron chi connectivity index (χ4n) is 1.98.